The molecule has 0 aliphatic carbocycles. The van der Waals surface area contributed by atoms with Gasteiger partial charge in [-0.25, -0.2) is 0 Å². The smallest absolute Gasteiger partial charge is 0.401 e. The summed E-state index contributed by atoms with van der Waals surface area (Å²) in [5.41, 5.74) is 0. The first-order valence-corrected chi connectivity index (χ1v) is 4.74. The first kappa shape index (κ1) is 14.2. The van der Waals surface area contributed by atoms with Crippen LogP contribution in [-0.4, -0.2) is 31.8 Å². The molecule has 0 aliphatic rings. The van der Waals surface area contributed by atoms with Crippen molar-refractivity contribution in [2.75, 3.05) is 19.7 Å². The van der Waals surface area contributed by atoms with Crippen LogP contribution < -0.4 is 5.32 Å². The number of carbonyl (C=O) groups is 1. The zero-order valence-corrected chi connectivity index (χ0v) is 8.86. The van der Waals surface area contributed by atoms with Gasteiger partial charge < -0.3 is 4.74 Å². The molecule has 0 aromatic rings. The molecule has 0 fully saturated rings. The Morgan fingerprint density at radius 3 is 2.47 bits per heavy atom. The van der Waals surface area contributed by atoms with Gasteiger partial charge >= 0.3 is 12.1 Å². The summed E-state index contributed by atoms with van der Waals surface area (Å²) in [4.78, 5) is 10.9. The molecule has 3 nitrogen and oxygen atoms in total. The van der Waals surface area contributed by atoms with Gasteiger partial charge in [0.15, 0.2) is 0 Å². The van der Waals surface area contributed by atoms with Crippen LogP contribution in [0.4, 0.5) is 13.2 Å². The summed E-state index contributed by atoms with van der Waals surface area (Å²) >= 11 is 0. The molecule has 0 aliphatic heterocycles. The molecule has 0 unspecified atom stereocenters. The zero-order chi connectivity index (χ0) is 11.9. The van der Waals surface area contributed by atoms with E-state index in [0.717, 1.165) is 0 Å². The minimum Gasteiger partial charge on any atom is -0.465 e. The van der Waals surface area contributed by atoms with E-state index in [4.69, 9.17) is 4.74 Å². The van der Waals surface area contributed by atoms with E-state index < -0.39 is 25.2 Å². The normalized spacial score (nSPS) is 11.9. The van der Waals surface area contributed by atoms with Gasteiger partial charge in [-0.05, 0) is 12.3 Å². The van der Waals surface area contributed by atoms with E-state index in [9.17, 15) is 18.0 Å². The largest absolute Gasteiger partial charge is 0.465 e. The lowest BCUT2D eigenvalue weighted by Gasteiger charge is -2.09. The zero-order valence-electron chi connectivity index (χ0n) is 8.86. The summed E-state index contributed by atoms with van der Waals surface area (Å²) in [7, 11) is 0. The van der Waals surface area contributed by atoms with Gasteiger partial charge in [-0.1, -0.05) is 13.8 Å². The predicted octanol–water partition coefficient (Wildman–Crippen LogP) is 1.73. The summed E-state index contributed by atoms with van der Waals surface area (Å²) in [5, 5.41) is 1.96. The van der Waals surface area contributed by atoms with Crippen LogP contribution in [0.2, 0.25) is 0 Å². The second kappa shape index (κ2) is 6.66. The number of rotatable bonds is 6. The number of esters is 1. The second-order valence-electron chi connectivity index (χ2n) is 3.62. The Morgan fingerprint density at radius 1 is 1.40 bits per heavy atom. The summed E-state index contributed by atoms with van der Waals surface area (Å²) in [6.45, 7) is 2.61. The third kappa shape index (κ3) is 11.1. The molecule has 0 bridgehead atoms. The van der Waals surface area contributed by atoms with Crippen LogP contribution in [0.1, 0.15) is 20.3 Å². The molecule has 90 valence electrons. The van der Waals surface area contributed by atoms with Crippen LogP contribution in [0.25, 0.3) is 0 Å². The molecule has 0 radical (unpaired) electrons. The standard InChI is InChI=1S/C9H16F3NO2/c1-7(2)3-4-15-8(14)5-13-6-9(10,11)12/h7,13H,3-6H2,1-2H3. The van der Waals surface area contributed by atoms with Crippen LogP contribution in [0.5, 0.6) is 0 Å². The van der Waals surface area contributed by atoms with Crippen LogP contribution in [0.15, 0.2) is 0 Å². The van der Waals surface area contributed by atoms with Crippen molar-refractivity contribution in [3.8, 4) is 0 Å². The maximum atomic E-state index is 11.6. The van der Waals surface area contributed by atoms with E-state index in [-0.39, 0.29) is 6.61 Å². The van der Waals surface area contributed by atoms with Gasteiger partial charge in [0, 0.05) is 0 Å². The first-order valence-electron chi connectivity index (χ1n) is 4.74. The number of nitrogens with one attached hydrogen (secondary N) is 1. The van der Waals surface area contributed by atoms with Gasteiger partial charge in [-0.15, -0.1) is 0 Å². The molecule has 0 aromatic carbocycles. The molecule has 15 heavy (non-hydrogen) atoms. The van der Waals surface area contributed by atoms with E-state index in [2.05, 4.69) is 0 Å². The Kier molecular flexibility index (Phi) is 6.31. The molecule has 0 saturated heterocycles. The molecule has 0 saturated carbocycles. The second-order valence-corrected chi connectivity index (χ2v) is 3.62. The highest BCUT2D eigenvalue weighted by atomic mass is 19.4. The number of alkyl halides is 3. The highest BCUT2D eigenvalue weighted by Gasteiger charge is 2.26. The van der Waals surface area contributed by atoms with Gasteiger partial charge in [-0.3, -0.25) is 10.1 Å². The maximum Gasteiger partial charge on any atom is 0.401 e. The Labute approximate surface area is 87.0 Å². The van der Waals surface area contributed by atoms with Crippen LogP contribution >= 0.6 is 0 Å². The van der Waals surface area contributed by atoms with Crippen molar-refractivity contribution in [2.24, 2.45) is 5.92 Å². The third-order valence-corrected chi connectivity index (χ3v) is 1.55. The van der Waals surface area contributed by atoms with E-state index in [1.807, 2.05) is 19.2 Å². The molecule has 0 rings (SSSR count). The summed E-state index contributed by atoms with van der Waals surface area (Å²) in [6.07, 6.45) is -3.58. The topological polar surface area (TPSA) is 38.3 Å². The maximum absolute atomic E-state index is 11.6. The molecule has 0 heterocycles. The quantitative estimate of drug-likeness (QED) is 0.702. The van der Waals surface area contributed by atoms with Gasteiger partial charge in [0.25, 0.3) is 0 Å². The fourth-order valence-corrected chi connectivity index (χ4v) is 0.766. The third-order valence-electron chi connectivity index (χ3n) is 1.55. The lowest BCUT2D eigenvalue weighted by Crippen LogP contribution is -2.33. The molecule has 0 atom stereocenters. The number of ether oxygens (including phenoxy) is 1. The Balaban J connectivity index is 3.42. The van der Waals surface area contributed by atoms with Crippen molar-refractivity contribution >= 4 is 5.97 Å². The van der Waals surface area contributed by atoms with E-state index >= 15 is 0 Å². The van der Waals surface area contributed by atoms with Crippen molar-refractivity contribution in [2.45, 2.75) is 26.4 Å². The van der Waals surface area contributed by atoms with Crippen LogP contribution in [0.3, 0.4) is 0 Å². The summed E-state index contributed by atoms with van der Waals surface area (Å²) in [5.74, 6) is -0.249. The minimum absolute atomic E-state index is 0.254. The monoisotopic (exact) mass is 227 g/mol. The molecule has 1 N–H and O–H groups in total. The number of hydrogen-bond acceptors (Lipinski definition) is 3. The molecule has 0 spiro atoms. The van der Waals surface area contributed by atoms with E-state index in [1.54, 1.807) is 0 Å². The van der Waals surface area contributed by atoms with E-state index in [1.165, 1.54) is 0 Å². The van der Waals surface area contributed by atoms with Crippen LogP contribution in [-0.2, 0) is 9.53 Å². The fraction of sp³-hybridized carbons (Fsp3) is 0.889. The molecular weight excluding hydrogens is 211 g/mol. The fourth-order valence-electron chi connectivity index (χ4n) is 0.766. The van der Waals surface area contributed by atoms with Gasteiger partial charge in [0.2, 0.25) is 0 Å². The highest BCUT2D eigenvalue weighted by molar-refractivity contribution is 5.71. The SMILES string of the molecule is CC(C)CCOC(=O)CNCC(F)(F)F. The average Bonchev–Trinajstić information content (AvgIpc) is 2.00. The molecule has 6 heteroatoms. The summed E-state index contributed by atoms with van der Waals surface area (Å²) < 4.78 is 39.6. The van der Waals surface area contributed by atoms with Gasteiger partial charge in [0.05, 0.1) is 19.7 Å². The molecule has 0 aromatic heterocycles. The minimum atomic E-state index is -4.29. The van der Waals surface area contributed by atoms with Crippen molar-refractivity contribution < 1.29 is 22.7 Å². The molecular formula is C9H16F3NO2. The Hall–Kier alpha value is -0.780. The summed E-state index contributed by atoms with van der Waals surface area (Å²) in [6, 6.07) is 0. The van der Waals surface area contributed by atoms with Crippen LogP contribution in [0, 0.1) is 5.92 Å². The number of halogens is 3. The lowest BCUT2D eigenvalue weighted by molar-refractivity contribution is -0.144. The van der Waals surface area contributed by atoms with Crippen molar-refractivity contribution in [3.63, 3.8) is 0 Å². The van der Waals surface area contributed by atoms with Gasteiger partial charge in [0.1, 0.15) is 0 Å². The van der Waals surface area contributed by atoms with Crippen molar-refractivity contribution in [1.82, 2.24) is 5.32 Å². The first-order chi connectivity index (χ1) is 6.81. The average molecular weight is 227 g/mol. The predicted molar refractivity (Wildman–Crippen MR) is 49.3 cm³/mol. The Bertz CT molecular complexity index is 192. The van der Waals surface area contributed by atoms with Crippen molar-refractivity contribution in [1.29, 1.82) is 0 Å². The van der Waals surface area contributed by atoms with Crippen molar-refractivity contribution in [3.05, 3.63) is 0 Å². The lowest BCUT2D eigenvalue weighted by atomic mass is 10.1. The highest BCUT2D eigenvalue weighted by Crippen LogP contribution is 2.11. The number of carbonyl (C=O) groups excluding carboxylic acids is 1. The van der Waals surface area contributed by atoms with E-state index in [0.29, 0.717) is 12.3 Å². The van der Waals surface area contributed by atoms with Gasteiger partial charge in [-0.2, -0.15) is 13.2 Å². The number of hydrogen-bond donors (Lipinski definition) is 1. The Morgan fingerprint density at radius 2 is 2.00 bits per heavy atom. The molecule has 0 amide bonds.